The Morgan fingerprint density at radius 3 is 2.32 bits per heavy atom. The Hall–Kier alpha value is -3.01. The molecule has 4 heteroatoms. The second-order valence-corrected chi connectivity index (χ2v) is 6.32. The van der Waals surface area contributed by atoms with Crippen molar-refractivity contribution < 1.29 is 4.79 Å². The standard InChI is InChI=1S/C21H23N3O/c1-16(17-9-11-19(12-10-17)24-13-4-5-14-24)22-21(25)18-7-6-8-20(15-18)23(2)3/h4-16H,1-3H3,(H,22,25)/t16-/m0/s1. The van der Waals surface area contributed by atoms with E-state index in [0.29, 0.717) is 5.56 Å². The van der Waals surface area contributed by atoms with Gasteiger partial charge in [-0.25, -0.2) is 0 Å². The molecule has 1 aromatic heterocycles. The molecule has 1 N–H and O–H groups in total. The molecule has 0 aliphatic carbocycles. The molecule has 0 fully saturated rings. The zero-order valence-corrected chi connectivity index (χ0v) is 14.8. The van der Waals surface area contributed by atoms with Crippen LogP contribution in [0.25, 0.3) is 5.69 Å². The number of carbonyl (C=O) groups is 1. The number of rotatable bonds is 5. The lowest BCUT2D eigenvalue weighted by atomic mass is 10.1. The summed E-state index contributed by atoms with van der Waals surface area (Å²) in [7, 11) is 3.93. The predicted molar refractivity (Wildman–Crippen MR) is 102 cm³/mol. The summed E-state index contributed by atoms with van der Waals surface area (Å²) in [5.74, 6) is -0.0642. The molecule has 1 amide bonds. The molecule has 0 saturated carbocycles. The van der Waals surface area contributed by atoms with E-state index in [9.17, 15) is 4.79 Å². The van der Waals surface area contributed by atoms with Gasteiger partial charge in [0.25, 0.3) is 5.91 Å². The zero-order chi connectivity index (χ0) is 17.8. The molecule has 1 atom stereocenters. The molecule has 0 aliphatic rings. The first kappa shape index (κ1) is 16.8. The Kier molecular flexibility index (Phi) is 4.89. The van der Waals surface area contributed by atoms with Gasteiger partial charge in [-0.1, -0.05) is 18.2 Å². The van der Waals surface area contributed by atoms with E-state index in [2.05, 4.69) is 34.1 Å². The minimum absolute atomic E-state index is 0.0609. The summed E-state index contributed by atoms with van der Waals surface area (Å²) in [6.07, 6.45) is 4.02. The topological polar surface area (TPSA) is 37.3 Å². The molecule has 0 spiro atoms. The molecule has 0 unspecified atom stereocenters. The van der Waals surface area contributed by atoms with Crippen LogP contribution in [0.4, 0.5) is 5.69 Å². The molecule has 1 heterocycles. The first-order valence-corrected chi connectivity index (χ1v) is 8.36. The maximum Gasteiger partial charge on any atom is 0.251 e. The van der Waals surface area contributed by atoms with E-state index in [1.807, 2.05) is 74.7 Å². The SMILES string of the molecule is C[C@H](NC(=O)c1cccc(N(C)C)c1)c1ccc(-n2cccc2)cc1. The van der Waals surface area contributed by atoms with Crippen LogP contribution >= 0.6 is 0 Å². The number of nitrogens with one attached hydrogen (secondary N) is 1. The second-order valence-electron chi connectivity index (χ2n) is 6.32. The van der Waals surface area contributed by atoms with E-state index in [1.54, 1.807) is 0 Å². The van der Waals surface area contributed by atoms with Gasteiger partial charge < -0.3 is 14.8 Å². The van der Waals surface area contributed by atoms with Crippen LogP contribution in [0.2, 0.25) is 0 Å². The first-order valence-electron chi connectivity index (χ1n) is 8.36. The van der Waals surface area contributed by atoms with Crippen molar-refractivity contribution in [3.63, 3.8) is 0 Å². The van der Waals surface area contributed by atoms with Crippen LogP contribution in [0, 0.1) is 0 Å². The molecular formula is C21H23N3O. The third-order valence-electron chi connectivity index (χ3n) is 4.27. The van der Waals surface area contributed by atoms with E-state index >= 15 is 0 Å². The fourth-order valence-electron chi connectivity index (χ4n) is 2.73. The Morgan fingerprint density at radius 2 is 1.68 bits per heavy atom. The molecule has 0 saturated heterocycles. The van der Waals surface area contributed by atoms with Crippen LogP contribution in [-0.4, -0.2) is 24.6 Å². The van der Waals surface area contributed by atoms with Crippen molar-refractivity contribution in [3.8, 4) is 5.69 Å². The molecule has 3 rings (SSSR count). The lowest BCUT2D eigenvalue weighted by Gasteiger charge is -2.17. The molecule has 0 aliphatic heterocycles. The van der Waals surface area contributed by atoms with Crippen molar-refractivity contribution in [2.24, 2.45) is 0 Å². The summed E-state index contributed by atoms with van der Waals surface area (Å²) in [5.41, 5.74) is 3.86. The van der Waals surface area contributed by atoms with Gasteiger partial charge in [-0.2, -0.15) is 0 Å². The zero-order valence-electron chi connectivity index (χ0n) is 14.8. The number of hydrogen-bond donors (Lipinski definition) is 1. The van der Waals surface area contributed by atoms with Crippen LogP contribution < -0.4 is 10.2 Å². The summed E-state index contributed by atoms with van der Waals surface area (Å²) >= 11 is 0. The van der Waals surface area contributed by atoms with Gasteiger partial charge in [0.1, 0.15) is 0 Å². The number of aromatic nitrogens is 1. The number of nitrogens with zero attached hydrogens (tertiary/aromatic N) is 2. The van der Waals surface area contributed by atoms with Gasteiger partial charge >= 0.3 is 0 Å². The molecule has 128 valence electrons. The highest BCUT2D eigenvalue weighted by molar-refractivity contribution is 5.95. The Morgan fingerprint density at radius 1 is 1.00 bits per heavy atom. The molecule has 0 bridgehead atoms. The number of anilines is 1. The predicted octanol–water partition coefficient (Wildman–Crippen LogP) is 4.03. The highest BCUT2D eigenvalue weighted by Gasteiger charge is 2.12. The smallest absolute Gasteiger partial charge is 0.251 e. The van der Waals surface area contributed by atoms with E-state index < -0.39 is 0 Å². The lowest BCUT2D eigenvalue weighted by molar-refractivity contribution is 0.0940. The van der Waals surface area contributed by atoms with Crippen molar-refractivity contribution >= 4 is 11.6 Å². The van der Waals surface area contributed by atoms with Gasteiger partial charge in [0.2, 0.25) is 0 Å². The van der Waals surface area contributed by atoms with Crippen LogP contribution in [0.1, 0.15) is 28.9 Å². The van der Waals surface area contributed by atoms with E-state index in [0.717, 1.165) is 16.9 Å². The number of hydrogen-bond acceptors (Lipinski definition) is 2. The normalized spacial score (nSPS) is 11.8. The summed E-state index contributed by atoms with van der Waals surface area (Å²) in [4.78, 5) is 14.5. The summed E-state index contributed by atoms with van der Waals surface area (Å²) in [5, 5.41) is 3.07. The van der Waals surface area contributed by atoms with Crippen LogP contribution in [0.15, 0.2) is 73.1 Å². The van der Waals surface area contributed by atoms with Crippen LogP contribution in [0.5, 0.6) is 0 Å². The van der Waals surface area contributed by atoms with Gasteiger partial charge in [0.15, 0.2) is 0 Å². The number of amides is 1. The van der Waals surface area contributed by atoms with E-state index in [4.69, 9.17) is 0 Å². The summed E-state index contributed by atoms with van der Waals surface area (Å²) in [6, 6.07) is 19.8. The first-order chi connectivity index (χ1) is 12.0. The summed E-state index contributed by atoms with van der Waals surface area (Å²) < 4.78 is 2.06. The Bertz CT molecular complexity index is 836. The van der Waals surface area contributed by atoms with Crippen LogP contribution in [0.3, 0.4) is 0 Å². The van der Waals surface area contributed by atoms with Gasteiger partial charge in [0.05, 0.1) is 6.04 Å². The fourth-order valence-corrected chi connectivity index (χ4v) is 2.73. The highest BCUT2D eigenvalue weighted by atomic mass is 16.1. The third kappa shape index (κ3) is 3.91. The Labute approximate surface area is 148 Å². The molecule has 3 aromatic rings. The van der Waals surface area contributed by atoms with Crippen LogP contribution in [-0.2, 0) is 0 Å². The quantitative estimate of drug-likeness (QED) is 0.765. The van der Waals surface area contributed by atoms with Crippen molar-refractivity contribution in [1.82, 2.24) is 9.88 Å². The van der Waals surface area contributed by atoms with Gasteiger partial charge in [-0.05, 0) is 55.0 Å². The largest absolute Gasteiger partial charge is 0.378 e. The van der Waals surface area contributed by atoms with Crippen molar-refractivity contribution in [2.45, 2.75) is 13.0 Å². The molecule has 0 radical (unpaired) electrons. The minimum atomic E-state index is -0.0642. The number of benzene rings is 2. The molecule has 4 nitrogen and oxygen atoms in total. The fraction of sp³-hybridized carbons (Fsp3) is 0.190. The minimum Gasteiger partial charge on any atom is -0.378 e. The van der Waals surface area contributed by atoms with Crippen molar-refractivity contribution in [2.75, 3.05) is 19.0 Å². The van der Waals surface area contributed by atoms with Gasteiger partial charge in [0, 0.05) is 43.4 Å². The third-order valence-corrected chi connectivity index (χ3v) is 4.27. The summed E-state index contributed by atoms with van der Waals surface area (Å²) in [6.45, 7) is 2.00. The average Bonchev–Trinajstić information content (AvgIpc) is 3.16. The molecular weight excluding hydrogens is 310 g/mol. The maximum absolute atomic E-state index is 12.5. The molecule has 2 aromatic carbocycles. The second kappa shape index (κ2) is 7.26. The van der Waals surface area contributed by atoms with Gasteiger partial charge in [-0.3, -0.25) is 4.79 Å². The van der Waals surface area contributed by atoms with Gasteiger partial charge in [-0.15, -0.1) is 0 Å². The maximum atomic E-state index is 12.5. The van der Waals surface area contributed by atoms with Crippen molar-refractivity contribution in [3.05, 3.63) is 84.2 Å². The van der Waals surface area contributed by atoms with E-state index in [-0.39, 0.29) is 11.9 Å². The Balaban J connectivity index is 1.70. The average molecular weight is 333 g/mol. The monoisotopic (exact) mass is 333 g/mol. The van der Waals surface area contributed by atoms with Crippen molar-refractivity contribution in [1.29, 1.82) is 0 Å². The lowest BCUT2D eigenvalue weighted by Crippen LogP contribution is -2.26. The molecule has 25 heavy (non-hydrogen) atoms. The highest BCUT2D eigenvalue weighted by Crippen LogP contribution is 2.18. The number of carbonyl (C=O) groups excluding carboxylic acids is 1. The van der Waals surface area contributed by atoms with E-state index in [1.165, 1.54) is 0 Å².